The van der Waals surface area contributed by atoms with Crippen LogP contribution in [0.4, 0.5) is 10.1 Å². The Morgan fingerprint density at radius 3 is 2.59 bits per heavy atom. The van der Waals surface area contributed by atoms with Gasteiger partial charge in [-0.2, -0.15) is 11.8 Å². The van der Waals surface area contributed by atoms with Crippen molar-refractivity contribution in [2.24, 2.45) is 5.92 Å². The number of hydrogen-bond donors (Lipinski definition) is 1. The smallest absolute Gasteiger partial charge is 0.227 e. The fourth-order valence-corrected chi connectivity index (χ4v) is 4.02. The van der Waals surface area contributed by atoms with E-state index >= 15 is 0 Å². The normalized spacial score (nSPS) is 22.9. The van der Waals surface area contributed by atoms with Crippen LogP contribution in [0.3, 0.4) is 0 Å². The molecule has 0 bridgehead atoms. The Bertz CT molecular complexity index is 558. The zero-order valence-corrected chi connectivity index (χ0v) is 13.1. The number of nitrogens with one attached hydrogen (secondary N) is 1. The molecule has 3 rings (SSSR count). The van der Waals surface area contributed by atoms with Crippen molar-refractivity contribution in [1.29, 1.82) is 0 Å². The molecule has 2 fully saturated rings. The van der Waals surface area contributed by atoms with E-state index in [1.807, 2.05) is 11.8 Å². The minimum Gasteiger partial charge on any atom is -0.353 e. The van der Waals surface area contributed by atoms with Gasteiger partial charge in [-0.25, -0.2) is 4.39 Å². The van der Waals surface area contributed by atoms with Crippen LogP contribution < -0.4 is 10.2 Å². The second kappa shape index (κ2) is 6.69. The fraction of sp³-hybridized carbons (Fsp3) is 0.500. The Kier molecular flexibility index (Phi) is 4.66. The van der Waals surface area contributed by atoms with Crippen molar-refractivity contribution in [2.45, 2.75) is 25.3 Å². The summed E-state index contributed by atoms with van der Waals surface area (Å²) in [5.74, 6) is 1.40. The van der Waals surface area contributed by atoms with Crippen LogP contribution in [0.15, 0.2) is 24.3 Å². The molecule has 0 aliphatic carbocycles. The summed E-state index contributed by atoms with van der Waals surface area (Å²) in [6, 6.07) is 6.05. The third-order valence-corrected chi connectivity index (χ3v) is 5.25. The Morgan fingerprint density at radius 1 is 1.23 bits per heavy atom. The Hall–Kier alpha value is -1.56. The summed E-state index contributed by atoms with van der Waals surface area (Å²) < 4.78 is 13.0. The Labute approximate surface area is 133 Å². The molecule has 0 unspecified atom stereocenters. The van der Waals surface area contributed by atoms with Crippen LogP contribution in [0.25, 0.3) is 0 Å². The van der Waals surface area contributed by atoms with Gasteiger partial charge in [0.25, 0.3) is 0 Å². The molecule has 4 nitrogen and oxygen atoms in total. The highest BCUT2D eigenvalue weighted by molar-refractivity contribution is 7.99. The molecule has 2 amide bonds. The zero-order valence-electron chi connectivity index (χ0n) is 12.3. The lowest BCUT2D eigenvalue weighted by atomic mass is 10.1. The van der Waals surface area contributed by atoms with Crippen molar-refractivity contribution in [3.05, 3.63) is 30.1 Å². The van der Waals surface area contributed by atoms with Crippen LogP contribution in [0.2, 0.25) is 0 Å². The topological polar surface area (TPSA) is 49.4 Å². The van der Waals surface area contributed by atoms with Gasteiger partial charge in [-0.1, -0.05) is 0 Å². The average molecular weight is 322 g/mol. The van der Waals surface area contributed by atoms with Crippen LogP contribution in [-0.4, -0.2) is 35.9 Å². The van der Waals surface area contributed by atoms with Gasteiger partial charge in [0, 0.05) is 24.7 Å². The molecule has 2 aliphatic heterocycles. The second-order valence-electron chi connectivity index (χ2n) is 5.78. The van der Waals surface area contributed by atoms with Crippen LogP contribution in [0, 0.1) is 11.7 Å². The maximum atomic E-state index is 13.0. The maximum Gasteiger partial charge on any atom is 0.227 e. The van der Waals surface area contributed by atoms with Gasteiger partial charge in [0.1, 0.15) is 5.82 Å². The van der Waals surface area contributed by atoms with Crippen LogP contribution in [0.5, 0.6) is 0 Å². The molecule has 22 heavy (non-hydrogen) atoms. The molecule has 6 heteroatoms. The monoisotopic (exact) mass is 322 g/mol. The average Bonchev–Trinajstić information content (AvgIpc) is 2.91. The third kappa shape index (κ3) is 3.43. The first-order valence-electron chi connectivity index (χ1n) is 7.57. The van der Waals surface area contributed by atoms with Crippen molar-refractivity contribution in [2.75, 3.05) is 23.0 Å². The maximum absolute atomic E-state index is 13.0. The Balaban J connectivity index is 1.61. The number of benzene rings is 1. The first kappa shape index (κ1) is 15.3. The van der Waals surface area contributed by atoms with Gasteiger partial charge < -0.3 is 10.2 Å². The van der Waals surface area contributed by atoms with Crippen molar-refractivity contribution in [1.82, 2.24) is 5.32 Å². The summed E-state index contributed by atoms with van der Waals surface area (Å²) in [5, 5.41) is 3.07. The highest BCUT2D eigenvalue weighted by Gasteiger charge is 2.35. The summed E-state index contributed by atoms with van der Waals surface area (Å²) in [5.41, 5.74) is 0.649. The molecule has 0 saturated carbocycles. The van der Waals surface area contributed by atoms with E-state index in [-0.39, 0.29) is 36.0 Å². The van der Waals surface area contributed by atoms with E-state index in [9.17, 15) is 14.0 Å². The molecule has 0 radical (unpaired) electrons. The minimum absolute atomic E-state index is 0.0325. The Morgan fingerprint density at radius 2 is 1.91 bits per heavy atom. The summed E-state index contributed by atoms with van der Waals surface area (Å²) in [7, 11) is 0. The van der Waals surface area contributed by atoms with E-state index in [0.717, 1.165) is 24.3 Å². The van der Waals surface area contributed by atoms with E-state index in [2.05, 4.69) is 5.32 Å². The van der Waals surface area contributed by atoms with E-state index in [1.54, 1.807) is 17.0 Å². The van der Waals surface area contributed by atoms with Crippen molar-refractivity contribution in [3.8, 4) is 0 Å². The lowest BCUT2D eigenvalue weighted by Gasteiger charge is -2.24. The number of halogens is 1. The molecule has 2 heterocycles. The molecule has 0 spiro atoms. The molecule has 1 aromatic carbocycles. The zero-order chi connectivity index (χ0) is 15.5. The van der Waals surface area contributed by atoms with Gasteiger partial charge in [0.05, 0.1) is 5.92 Å². The van der Waals surface area contributed by atoms with Crippen LogP contribution >= 0.6 is 11.8 Å². The summed E-state index contributed by atoms with van der Waals surface area (Å²) in [6.07, 6.45) is 2.22. The predicted molar refractivity (Wildman–Crippen MR) is 85.3 cm³/mol. The van der Waals surface area contributed by atoms with Crippen LogP contribution in [-0.2, 0) is 9.59 Å². The number of hydrogen-bond acceptors (Lipinski definition) is 3. The number of amides is 2. The molecule has 0 aromatic heterocycles. The number of thioether (sulfide) groups is 1. The van der Waals surface area contributed by atoms with Gasteiger partial charge >= 0.3 is 0 Å². The lowest BCUT2D eigenvalue weighted by molar-refractivity contribution is -0.127. The predicted octanol–water partition coefficient (Wildman–Crippen LogP) is 2.19. The lowest BCUT2D eigenvalue weighted by Crippen LogP contribution is -2.41. The summed E-state index contributed by atoms with van der Waals surface area (Å²) in [4.78, 5) is 26.0. The van der Waals surface area contributed by atoms with Crippen LogP contribution in [0.1, 0.15) is 19.3 Å². The molecule has 2 aliphatic rings. The minimum atomic E-state index is -0.333. The highest BCUT2D eigenvalue weighted by Crippen LogP contribution is 2.26. The van der Waals surface area contributed by atoms with Crippen molar-refractivity contribution in [3.63, 3.8) is 0 Å². The van der Waals surface area contributed by atoms with Crippen molar-refractivity contribution >= 4 is 29.3 Å². The van der Waals surface area contributed by atoms with E-state index in [0.29, 0.717) is 12.2 Å². The number of carbonyl (C=O) groups excluding carboxylic acids is 2. The van der Waals surface area contributed by atoms with Gasteiger partial charge in [-0.3, -0.25) is 9.59 Å². The third-order valence-electron chi connectivity index (χ3n) is 4.20. The molecular weight excluding hydrogens is 303 g/mol. The number of rotatable bonds is 3. The summed E-state index contributed by atoms with van der Waals surface area (Å²) in [6.45, 7) is 0.373. The molecule has 1 atom stereocenters. The molecule has 2 saturated heterocycles. The largest absolute Gasteiger partial charge is 0.353 e. The first-order chi connectivity index (χ1) is 10.6. The second-order valence-corrected chi connectivity index (χ2v) is 7.00. The number of nitrogens with zero attached hydrogens (tertiary/aromatic N) is 1. The quantitative estimate of drug-likeness (QED) is 0.928. The SMILES string of the molecule is O=C(NC1CCSCC1)[C@@H]1CC(=O)N(c2ccc(F)cc2)C1. The van der Waals surface area contributed by atoms with Gasteiger partial charge in [-0.05, 0) is 48.6 Å². The molecule has 1 aromatic rings. The molecule has 118 valence electrons. The number of anilines is 1. The fourth-order valence-electron chi connectivity index (χ4n) is 2.91. The molecule has 1 N–H and O–H groups in total. The van der Waals surface area contributed by atoms with Gasteiger partial charge in [0.2, 0.25) is 11.8 Å². The van der Waals surface area contributed by atoms with Crippen molar-refractivity contribution < 1.29 is 14.0 Å². The van der Waals surface area contributed by atoms with E-state index < -0.39 is 0 Å². The standard InChI is InChI=1S/C16H19FN2O2S/c17-12-1-3-14(4-2-12)19-10-11(9-15(19)20)16(21)18-13-5-7-22-8-6-13/h1-4,11,13H,5-10H2,(H,18,21)/t11-/m1/s1. The highest BCUT2D eigenvalue weighted by atomic mass is 32.2. The van der Waals surface area contributed by atoms with Gasteiger partial charge in [-0.15, -0.1) is 0 Å². The van der Waals surface area contributed by atoms with E-state index in [4.69, 9.17) is 0 Å². The van der Waals surface area contributed by atoms with Gasteiger partial charge in [0.15, 0.2) is 0 Å². The molecular formula is C16H19FN2O2S. The van der Waals surface area contributed by atoms with E-state index in [1.165, 1.54) is 12.1 Å². The summed E-state index contributed by atoms with van der Waals surface area (Å²) >= 11 is 1.91. The first-order valence-corrected chi connectivity index (χ1v) is 8.73. The number of carbonyl (C=O) groups is 2.